The van der Waals surface area contributed by atoms with Crippen LogP contribution >= 0.6 is 23.2 Å². The zero-order valence-corrected chi connectivity index (χ0v) is 26.6. The van der Waals surface area contributed by atoms with Gasteiger partial charge in [0.2, 0.25) is 11.8 Å². The number of likely N-dealkylation sites (N-methyl/N-ethyl adjacent to an activating group) is 1. The molecule has 1 aliphatic rings. The summed E-state index contributed by atoms with van der Waals surface area (Å²) >= 11 is 12.2. The maximum absolute atomic E-state index is 13.4. The van der Waals surface area contributed by atoms with Crippen LogP contribution in [-0.4, -0.2) is 86.8 Å². The molecule has 0 bridgehead atoms. The first-order valence-electron chi connectivity index (χ1n) is 14.1. The summed E-state index contributed by atoms with van der Waals surface area (Å²) in [6.07, 6.45) is -0.610. The Morgan fingerprint density at radius 1 is 1.07 bits per heavy atom. The number of carbonyl (C=O) groups excluding carboxylic acids is 2. The summed E-state index contributed by atoms with van der Waals surface area (Å²) in [5.41, 5.74) is 1.57. The van der Waals surface area contributed by atoms with Crippen molar-refractivity contribution in [2.45, 2.75) is 77.7 Å². The number of rotatable bonds is 10. The average molecular weight is 622 g/mol. The maximum Gasteiger partial charge on any atom is 0.407 e. The van der Waals surface area contributed by atoms with Crippen molar-refractivity contribution in [2.24, 2.45) is 5.92 Å². The molecule has 0 aromatic heterocycles. The van der Waals surface area contributed by atoms with Gasteiger partial charge in [-0.25, -0.2) is 4.79 Å². The van der Waals surface area contributed by atoms with Crippen molar-refractivity contribution in [1.82, 2.24) is 14.7 Å². The fourth-order valence-corrected chi connectivity index (χ4v) is 5.74. The van der Waals surface area contributed by atoms with E-state index in [1.54, 1.807) is 70.8 Å². The molecule has 42 heavy (non-hydrogen) atoms. The molecule has 2 aromatic rings. The van der Waals surface area contributed by atoms with Gasteiger partial charge in [-0.05, 0) is 69.5 Å². The summed E-state index contributed by atoms with van der Waals surface area (Å²) < 4.78 is 0. The molecule has 1 saturated heterocycles. The van der Waals surface area contributed by atoms with Gasteiger partial charge in [-0.15, -0.1) is 0 Å². The van der Waals surface area contributed by atoms with Crippen LogP contribution in [0.25, 0.3) is 0 Å². The molecule has 1 heterocycles. The van der Waals surface area contributed by atoms with Crippen LogP contribution in [0.4, 0.5) is 10.5 Å². The first-order chi connectivity index (χ1) is 19.6. The molecular formula is C31H42Cl2N4O5. The van der Waals surface area contributed by atoms with E-state index in [-0.39, 0.29) is 24.4 Å². The van der Waals surface area contributed by atoms with Gasteiger partial charge >= 0.3 is 6.09 Å². The number of likely N-dealkylation sites (tertiary alicyclic amines) is 1. The summed E-state index contributed by atoms with van der Waals surface area (Å²) in [6, 6.07) is 12.0. The number of anilines is 1. The van der Waals surface area contributed by atoms with Crippen LogP contribution in [-0.2, 0) is 22.4 Å². The van der Waals surface area contributed by atoms with Crippen LogP contribution < -0.4 is 5.32 Å². The van der Waals surface area contributed by atoms with Crippen LogP contribution in [0.3, 0.4) is 0 Å². The molecule has 0 aliphatic carbocycles. The SMILES string of the molecule is CC(C(=O)Nc1cccc(C[C@@H](N2CC[C@H](O)C2)N(C)C(=O)Cc2ccc(Cl)c(Cl)c2)c1)C(C)N(C(=O)O)C(C)(C)C. The molecular weight excluding hydrogens is 579 g/mol. The third-order valence-electron chi connectivity index (χ3n) is 7.88. The minimum atomic E-state index is -1.08. The van der Waals surface area contributed by atoms with Crippen LogP contribution in [0.5, 0.6) is 0 Å². The molecule has 11 heteroatoms. The van der Waals surface area contributed by atoms with Gasteiger partial charge in [0, 0.05) is 43.8 Å². The summed E-state index contributed by atoms with van der Waals surface area (Å²) in [6.45, 7) is 9.95. The third-order valence-corrected chi connectivity index (χ3v) is 8.62. The molecule has 0 radical (unpaired) electrons. The monoisotopic (exact) mass is 620 g/mol. The molecule has 9 nitrogen and oxygen atoms in total. The van der Waals surface area contributed by atoms with Gasteiger partial charge in [-0.2, -0.15) is 0 Å². The molecule has 3 N–H and O–H groups in total. The van der Waals surface area contributed by atoms with Gasteiger partial charge in [0.05, 0.1) is 34.7 Å². The van der Waals surface area contributed by atoms with Crippen LogP contribution in [0.1, 0.15) is 52.2 Å². The molecule has 0 saturated carbocycles. The van der Waals surface area contributed by atoms with Crippen molar-refractivity contribution in [3.63, 3.8) is 0 Å². The Hall–Kier alpha value is -2.85. The Morgan fingerprint density at radius 2 is 1.76 bits per heavy atom. The number of aliphatic hydroxyl groups is 1. The number of hydrogen-bond acceptors (Lipinski definition) is 5. The lowest BCUT2D eigenvalue weighted by Gasteiger charge is -2.40. The summed E-state index contributed by atoms with van der Waals surface area (Å²) in [7, 11) is 1.76. The number of hydrogen-bond donors (Lipinski definition) is 3. The van der Waals surface area contributed by atoms with Crippen molar-refractivity contribution in [1.29, 1.82) is 0 Å². The molecule has 3 rings (SSSR count). The molecule has 230 valence electrons. The van der Waals surface area contributed by atoms with E-state index in [4.69, 9.17) is 23.2 Å². The Morgan fingerprint density at radius 3 is 2.33 bits per heavy atom. The largest absolute Gasteiger partial charge is 0.465 e. The van der Waals surface area contributed by atoms with Gasteiger partial charge in [-0.3, -0.25) is 14.5 Å². The molecule has 0 spiro atoms. The Kier molecular flexibility index (Phi) is 11.3. The van der Waals surface area contributed by atoms with E-state index in [0.29, 0.717) is 41.7 Å². The second kappa shape index (κ2) is 14.1. The quantitative estimate of drug-likeness (QED) is 0.329. The number of halogens is 2. The maximum atomic E-state index is 13.4. The smallest absolute Gasteiger partial charge is 0.407 e. The zero-order chi connectivity index (χ0) is 31.4. The van der Waals surface area contributed by atoms with Gasteiger partial charge < -0.3 is 25.3 Å². The van der Waals surface area contributed by atoms with E-state index in [1.165, 1.54) is 4.90 Å². The molecule has 4 atom stereocenters. The lowest BCUT2D eigenvalue weighted by atomic mass is 9.95. The van der Waals surface area contributed by atoms with E-state index in [2.05, 4.69) is 10.2 Å². The number of nitrogens with zero attached hydrogens (tertiary/aromatic N) is 3. The predicted octanol–water partition coefficient (Wildman–Crippen LogP) is 5.37. The fourth-order valence-electron chi connectivity index (χ4n) is 5.42. The summed E-state index contributed by atoms with van der Waals surface area (Å²) in [5.74, 6) is -0.995. The Balaban J connectivity index is 1.76. The number of amides is 3. The summed E-state index contributed by atoms with van der Waals surface area (Å²) in [5, 5.41) is 23.7. The highest BCUT2D eigenvalue weighted by Gasteiger charge is 2.36. The Bertz CT molecular complexity index is 1280. The van der Waals surface area contributed by atoms with E-state index in [0.717, 1.165) is 11.1 Å². The topological polar surface area (TPSA) is 113 Å². The van der Waals surface area contributed by atoms with Crippen LogP contribution in [0.15, 0.2) is 42.5 Å². The molecule has 3 amide bonds. The van der Waals surface area contributed by atoms with Crippen molar-refractivity contribution < 1.29 is 24.6 Å². The van der Waals surface area contributed by atoms with Crippen molar-refractivity contribution >= 4 is 46.8 Å². The first kappa shape index (κ1) is 33.6. The van der Waals surface area contributed by atoms with E-state index in [9.17, 15) is 24.6 Å². The van der Waals surface area contributed by atoms with Gasteiger partial charge in [0.15, 0.2) is 0 Å². The van der Waals surface area contributed by atoms with Gasteiger partial charge in [-0.1, -0.05) is 48.3 Å². The predicted molar refractivity (Wildman–Crippen MR) is 166 cm³/mol. The number of nitrogens with one attached hydrogen (secondary N) is 1. The van der Waals surface area contributed by atoms with Crippen molar-refractivity contribution in [3.05, 3.63) is 63.6 Å². The second-order valence-electron chi connectivity index (χ2n) is 12.1. The number of aliphatic hydroxyl groups excluding tert-OH is 1. The average Bonchev–Trinajstić information content (AvgIpc) is 3.33. The lowest BCUT2D eigenvalue weighted by molar-refractivity contribution is -0.134. The molecule has 2 unspecified atom stereocenters. The zero-order valence-electron chi connectivity index (χ0n) is 25.1. The molecule has 2 aromatic carbocycles. The number of β-amino-alcohol motifs (C(OH)–C–C–N with tert-alkyl or cyclic N) is 1. The second-order valence-corrected chi connectivity index (χ2v) is 12.9. The number of benzene rings is 2. The first-order valence-corrected chi connectivity index (χ1v) is 14.9. The van der Waals surface area contributed by atoms with E-state index in [1.807, 2.05) is 18.2 Å². The molecule has 1 aliphatic heterocycles. The lowest BCUT2D eigenvalue weighted by Crippen LogP contribution is -2.53. The van der Waals surface area contributed by atoms with Crippen molar-refractivity contribution in [3.8, 4) is 0 Å². The standard InChI is InChI=1S/C31H42Cl2N4O5/c1-19(20(2)37(30(41)42)31(3,4)5)29(40)34-23-9-7-8-21(14-23)16-27(36-13-12-24(38)18-36)35(6)28(39)17-22-10-11-25(32)26(33)15-22/h7-11,14-15,19-20,24,27,38H,12-13,16-18H2,1-6H3,(H,34,40)(H,41,42)/t19?,20?,24-,27+/m0/s1. The number of carboxylic acid groups (broad SMARTS) is 1. The van der Waals surface area contributed by atoms with E-state index >= 15 is 0 Å². The highest BCUT2D eigenvalue weighted by atomic mass is 35.5. The van der Waals surface area contributed by atoms with Crippen molar-refractivity contribution in [2.75, 3.05) is 25.5 Å². The minimum Gasteiger partial charge on any atom is -0.465 e. The van der Waals surface area contributed by atoms with Gasteiger partial charge in [0.1, 0.15) is 0 Å². The summed E-state index contributed by atoms with van der Waals surface area (Å²) in [4.78, 5) is 43.5. The number of carbonyl (C=O) groups is 3. The minimum absolute atomic E-state index is 0.103. The van der Waals surface area contributed by atoms with E-state index < -0.39 is 29.7 Å². The third kappa shape index (κ3) is 8.60. The van der Waals surface area contributed by atoms with Crippen LogP contribution in [0.2, 0.25) is 10.0 Å². The molecule has 1 fully saturated rings. The normalized spacial score (nSPS) is 17.8. The fraction of sp³-hybridized carbons (Fsp3) is 0.516. The Labute approximate surface area is 258 Å². The highest BCUT2D eigenvalue weighted by Crippen LogP contribution is 2.26. The highest BCUT2D eigenvalue weighted by molar-refractivity contribution is 6.42. The van der Waals surface area contributed by atoms with Crippen LogP contribution in [0, 0.1) is 5.92 Å². The van der Waals surface area contributed by atoms with Gasteiger partial charge in [0.25, 0.3) is 0 Å².